The molecular weight excluding hydrogens is 412 g/mol. The number of hydrogen-bond donors (Lipinski definition) is 2. The molecule has 1 aromatic heterocycles. The number of aromatic amines is 1. The molecule has 1 aliphatic carbocycles. The molecule has 32 heavy (non-hydrogen) atoms. The van der Waals surface area contributed by atoms with Crippen LogP contribution in [0.15, 0.2) is 33.9 Å². The molecule has 0 radical (unpaired) electrons. The normalized spacial score (nSPS) is 13.9. The van der Waals surface area contributed by atoms with E-state index in [1.165, 1.54) is 29.4 Å². The Morgan fingerprint density at radius 3 is 2.53 bits per heavy atom. The Balaban J connectivity index is 1.91. The highest BCUT2D eigenvalue weighted by Crippen LogP contribution is 2.25. The number of carbonyl (C=O) groups excluding carboxylic acids is 1. The zero-order valence-electron chi connectivity index (χ0n) is 18.8. The molecule has 9 nitrogen and oxygen atoms in total. The molecular formula is C23H32N4O5. The van der Waals surface area contributed by atoms with E-state index in [1.807, 2.05) is 6.92 Å². The van der Waals surface area contributed by atoms with Crippen LogP contribution in [-0.2, 0) is 11.3 Å². The second kappa shape index (κ2) is 11.0. The minimum Gasteiger partial charge on any atom is -0.490 e. The van der Waals surface area contributed by atoms with Gasteiger partial charge in [-0.1, -0.05) is 13.3 Å². The second-order valence-corrected chi connectivity index (χ2v) is 8.00. The minimum atomic E-state index is -0.703. The standard InChI is InChI=1S/C23H32N4O5/c1-3-4-13-27-20(24)19(21(28)25-23(27)30)26(14-15-31-2)22(29)16-9-11-18(12-10-16)32-17-7-5-6-8-17/h9-12,17H,3-8,13-15,24H2,1-2H3,(H,25,28,30). The van der Waals surface area contributed by atoms with E-state index < -0.39 is 17.2 Å². The number of nitrogens with one attached hydrogen (secondary N) is 1. The van der Waals surface area contributed by atoms with Crippen molar-refractivity contribution in [2.24, 2.45) is 0 Å². The van der Waals surface area contributed by atoms with Crippen LogP contribution < -0.4 is 26.6 Å². The van der Waals surface area contributed by atoms with Crippen molar-refractivity contribution in [3.05, 3.63) is 50.7 Å². The molecule has 1 saturated carbocycles. The van der Waals surface area contributed by atoms with Crippen molar-refractivity contribution >= 4 is 17.4 Å². The first-order chi connectivity index (χ1) is 15.5. The van der Waals surface area contributed by atoms with Crippen LogP contribution in [0.3, 0.4) is 0 Å². The monoisotopic (exact) mass is 444 g/mol. The average Bonchev–Trinajstić information content (AvgIpc) is 3.29. The molecule has 174 valence electrons. The largest absolute Gasteiger partial charge is 0.490 e. The summed E-state index contributed by atoms with van der Waals surface area (Å²) in [7, 11) is 1.51. The van der Waals surface area contributed by atoms with Crippen LogP contribution in [0.25, 0.3) is 0 Å². The van der Waals surface area contributed by atoms with Gasteiger partial charge < -0.3 is 15.2 Å². The summed E-state index contributed by atoms with van der Waals surface area (Å²) < 4.78 is 12.4. The Hall–Kier alpha value is -3.07. The summed E-state index contributed by atoms with van der Waals surface area (Å²) in [6.07, 6.45) is 6.21. The zero-order valence-corrected chi connectivity index (χ0v) is 18.8. The van der Waals surface area contributed by atoms with Gasteiger partial charge in [-0.2, -0.15) is 0 Å². The van der Waals surface area contributed by atoms with Gasteiger partial charge in [-0.25, -0.2) is 4.79 Å². The lowest BCUT2D eigenvalue weighted by atomic mass is 10.1. The van der Waals surface area contributed by atoms with Crippen molar-refractivity contribution in [1.82, 2.24) is 9.55 Å². The van der Waals surface area contributed by atoms with Crippen molar-refractivity contribution in [2.45, 2.75) is 58.1 Å². The lowest BCUT2D eigenvalue weighted by molar-refractivity contribution is 0.0975. The first-order valence-corrected chi connectivity index (χ1v) is 11.2. The van der Waals surface area contributed by atoms with Gasteiger partial charge in [-0.15, -0.1) is 0 Å². The van der Waals surface area contributed by atoms with Crippen LogP contribution >= 0.6 is 0 Å². The van der Waals surface area contributed by atoms with Gasteiger partial charge in [0.25, 0.3) is 11.5 Å². The fraction of sp³-hybridized carbons (Fsp3) is 0.522. The number of H-pyrrole nitrogens is 1. The molecule has 0 spiro atoms. The van der Waals surface area contributed by atoms with Gasteiger partial charge in [0.1, 0.15) is 11.6 Å². The maximum atomic E-state index is 13.4. The summed E-state index contributed by atoms with van der Waals surface area (Å²) in [4.78, 5) is 41.8. The fourth-order valence-corrected chi connectivity index (χ4v) is 3.90. The molecule has 3 rings (SSSR count). The molecule has 0 saturated heterocycles. The van der Waals surface area contributed by atoms with Crippen molar-refractivity contribution < 1.29 is 14.3 Å². The van der Waals surface area contributed by atoms with Crippen LogP contribution in [0, 0.1) is 0 Å². The summed E-state index contributed by atoms with van der Waals surface area (Å²) in [5, 5.41) is 0. The van der Waals surface area contributed by atoms with Crippen LogP contribution in [0.2, 0.25) is 0 Å². The molecule has 0 bridgehead atoms. The van der Waals surface area contributed by atoms with Crippen molar-refractivity contribution in [2.75, 3.05) is 30.9 Å². The lowest BCUT2D eigenvalue weighted by Gasteiger charge is -2.24. The van der Waals surface area contributed by atoms with E-state index in [0.29, 0.717) is 24.3 Å². The Kier molecular flexibility index (Phi) is 8.10. The van der Waals surface area contributed by atoms with Gasteiger partial charge in [0, 0.05) is 25.8 Å². The fourth-order valence-electron chi connectivity index (χ4n) is 3.90. The average molecular weight is 445 g/mol. The molecule has 0 unspecified atom stereocenters. The first kappa shape index (κ1) is 23.6. The highest BCUT2D eigenvalue weighted by Gasteiger charge is 2.25. The molecule has 2 aromatic rings. The number of benzene rings is 1. The van der Waals surface area contributed by atoms with E-state index in [2.05, 4.69) is 4.98 Å². The third kappa shape index (κ3) is 5.40. The van der Waals surface area contributed by atoms with Gasteiger partial charge >= 0.3 is 5.69 Å². The topological polar surface area (TPSA) is 120 Å². The van der Waals surface area contributed by atoms with Crippen molar-refractivity contribution in [1.29, 1.82) is 0 Å². The number of unbranched alkanes of at least 4 members (excludes halogenated alkanes) is 1. The summed E-state index contributed by atoms with van der Waals surface area (Å²) >= 11 is 0. The van der Waals surface area contributed by atoms with E-state index >= 15 is 0 Å². The summed E-state index contributed by atoms with van der Waals surface area (Å²) in [6.45, 7) is 2.64. The maximum Gasteiger partial charge on any atom is 0.330 e. The number of aromatic nitrogens is 2. The third-order valence-electron chi connectivity index (χ3n) is 5.69. The van der Waals surface area contributed by atoms with Gasteiger partial charge in [-0.05, 0) is 56.4 Å². The lowest BCUT2D eigenvalue weighted by Crippen LogP contribution is -2.42. The molecule has 1 amide bonds. The van der Waals surface area contributed by atoms with E-state index in [-0.39, 0.29) is 30.8 Å². The van der Waals surface area contributed by atoms with Gasteiger partial charge in [0.05, 0.1) is 12.7 Å². The number of methoxy groups -OCH3 is 1. The Morgan fingerprint density at radius 2 is 1.91 bits per heavy atom. The predicted octanol–water partition coefficient (Wildman–Crippen LogP) is 2.53. The summed E-state index contributed by atoms with van der Waals surface area (Å²) in [5.74, 6) is 0.271. The van der Waals surface area contributed by atoms with E-state index in [4.69, 9.17) is 15.2 Å². The quantitative estimate of drug-likeness (QED) is 0.581. The summed E-state index contributed by atoms with van der Waals surface area (Å²) in [6, 6.07) is 6.86. The van der Waals surface area contributed by atoms with E-state index in [0.717, 1.165) is 19.3 Å². The van der Waals surface area contributed by atoms with Gasteiger partial charge in [-0.3, -0.25) is 24.0 Å². The third-order valence-corrected chi connectivity index (χ3v) is 5.69. The Bertz CT molecular complexity index is 1020. The summed E-state index contributed by atoms with van der Waals surface area (Å²) in [5.41, 5.74) is 5.26. The minimum absolute atomic E-state index is 0.0298. The molecule has 1 aliphatic rings. The van der Waals surface area contributed by atoms with Crippen LogP contribution in [-0.4, -0.2) is 41.8 Å². The highest BCUT2D eigenvalue weighted by molar-refractivity contribution is 6.07. The number of amides is 1. The molecule has 3 N–H and O–H groups in total. The maximum absolute atomic E-state index is 13.4. The van der Waals surface area contributed by atoms with Crippen LogP contribution in [0.5, 0.6) is 5.75 Å². The van der Waals surface area contributed by atoms with Crippen LogP contribution in [0.4, 0.5) is 11.5 Å². The highest BCUT2D eigenvalue weighted by atomic mass is 16.5. The number of nitrogens with zero attached hydrogens (tertiary/aromatic N) is 2. The van der Waals surface area contributed by atoms with Crippen molar-refractivity contribution in [3.63, 3.8) is 0 Å². The van der Waals surface area contributed by atoms with Gasteiger partial charge in [0.2, 0.25) is 0 Å². The molecule has 1 aromatic carbocycles. The predicted molar refractivity (Wildman–Crippen MR) is 124 cm³/mol. The Labute approximate surface area is 187 Å². The number of nitrogens with two attached hydrogens (primary N) is 1. The number of ether oxygens (including phenoxy) is 2. The van der Waals surface area contributed by atoms with E-state index in [1.54, 1.807) is 24.3 Å². The van der Waals surface area contributed by atoms with Crippen molar-refractivity contribution in [3.8, 4) is 5.75 Å². The molecule has 9 heteroatoms. The number of rotatable bonds is 10. The van der Waals surface area contributed by atoms with E-state index in [9.17, 15) is 14.4 Å². The Morgan fingerprint density at radius 1 is 1.22 bits per heavy atom. The molecule has 1 fully saturated rings. The zero-order chi connectivity index (χ0) is 23.1. The number of hydrogen-bond acceptors (Lipinski definition) is 6. The number of anilines is 2. The smallest absolute Gasteiger partial charge is 0.330 e. The molecule has 0 aliphatic heterocycles. The first-order valence-electron chi connectivity index (χ1n) is 11.2. The molecule has 1 heterocycles. The number of nitrogen functional groups attached to an aromatic ring is 1. The number of carbonyl (C=O) groups is 1. The SMILES string of the molecule is CCCCn1c(N)c(N(CCOC)C(=O)c2ccc(OC3CCCC3)cc2)c(=O)[nH]c1=O. The van der Waals surface area contributed by atoms with Crippen LogP contribution in [0.1, 0.15) is 55.8 Å². The van der Waals surface area contributed by atoms with Gasteiger partial charge in [0.15, 0.2) is 5.69 Å². The molecule has 0 atom stereocenters. The second-order valence-electron chi connectivity index (χ2n) is 8.00.